The SMILES string of the molecule is COc1ccc(-c2c(C#N)cc(N)nc2Cl)cc1F. The molecule has 2 aromatic rings. The average molecular weight is 278 g/mol. The van der Waals surface area contributed by atoms with Crippen LogP contribution in [0, 0.1) is 17.1 Å². The molecule has 0 aliphatic rings. The Balaban J connectivity index is 2.66. The van der Waals surface area contributed by atoms with Crippen LogP contribution in [0.3, 0.4) is 0 Å². The summed E-state index contributed by atoms with van der Waals surface area (Å²) >= 11 is 5.98. The number of methoxy groups -OCH3 is 1. The lowest BCUT2D eigenvalue weighted by atomic mass is 10.0. The Bertz CT molecular complexity index is 682. The van der Waals surface area contributed by atoms with E-state index < -0.39 is 5.82 Å². The summed E-state index contributed by atoms with van der Waals surface area (Å²) in [6.45, 7) is 0. The molecule has 0 radical (unpaired) electrons. The predicted molar refractivity (Wildman–Crippen MR) is 70.3 cm³/mol. The summed E-state index contributed by atoms with van der Waals surface area (Å²) in [5, 5.41) is 9.14. The molecular weight excluding hydrogens is 269 g/mol. The van der Waals surface area contributed by atoms with E-state index in [-0.39, 0.29) is 22.3 Å². The van der Waals surface area contributed by atoms with Crippen molar-refractivity contribution in [2.24, 2.45) is 0 Å². The normalized spacial score (nSPS) is 10.0. The summed E-state index contributed by atoms with van der Waals surface area (Å²) in [5.41, 5.74) is 6.54. The molecule has 0 fully saturated rings. The Hall–Kier alpha value is -2.32. The summed E-state index contributed by atoms with van der Waals surface area (Å²) in [6, 6.07) is 7.65. The molecule has 0 unspecified atom stereocenters. The smallest absolute Gasteiger partial charge is 0.165 e. The summed E-state index contributed by atoms with van der Waals surface area (Å²) in [4.78, 5) is 3.87. The molecule has 96 valence electrons. The van der Waals surface area contributed by atoms with Gasteiger partial charge in [0.1, 0.15) is 17.0 Å². The number of nitrogen functional groups attached to an aromatic ring is 1. The Morgan fingerprint density at radius 3 is 2.74 bits per heavy atom. The summed E-state index contributed by atoms with van der Waals surface area (Å²) in [6.07, 6.45) is 0. The van der Waals surface area contributed by atoms with Gasteiger partial charge in [0.15, 0.2) is 11.6 Å². The molecule has 0 bridgehead atoms. The number of aromatic nitrogens is 1. The predicted octanol–water partition coefficient (Wildman–Crippen LogP) is 3.00. The van der Waals surface area contributed by atoms with Crippen LogP contribution in [-0.4, -0.2) is 12.1 Å². The van der Waals surface area contributed by atoms with Gasteiger partial charge in [0, 0.05) is 5.56 Å². The minimum atomic E-state index is -0.545. The van der Waals surface area contributed by atoms with Crippen molar-refractivity contribution in [3.63, 3.8) is 0 Å². The zero-order valence-electron chi connectivity index (χ0n) is 9.95. The van der Waals surface area contributed by atoms with Gasteiger partial charge >= 0.3 is 0 Å². The third kappa shape index (κ3) is 2.44. The van der Waals surface area contributed by atoms with Gasteiger partial charge in [-0.3, -0.25) is 0 Å². The van der Waals surface area contributed by atoms with Crippen LogP contribution in [0.15, 0.2) is 24.3 Å². The van der Waals surface area contributed by atoms with E-state index in [4.69, 9.17) is 27.3 Å². The molecule has 2 rings (SSSR count). The third-order valence-corrected chi connectivity index (χ3v) is 2.83. The van der Waals surface area contributed by atoms with E-state index in [1.165, 1.54) is 25.3 Å². The van der Waals surface area contributed by atoms with E-state index in [0.29, 0.717) is 11.1 Å². The second kappa shape index (κ2) is 5.12. The fraction of sp³-hybridized carbons (Fsp3) is 0.0769. The number of hydrogen-bond donors (Lipinski definition) is 1. The molecule has 2 N–H and O–H groups in total. The number of hydrogen-bond acceptors (Lipinski definition) is 4. The van der Waals surface area contributed by atoms with Gasteiger partial charge < -0.3 is 10.5 Å². The van der Waals surface area contributed by atoms with Crippen molar-refractivity contribution in [2.45, 2.75) is 0 Å². The second-order valence-electron chi connectivity index (χ2n) is 3.72. The molecule has 0 aliphatic carbocycles. The van der Waals surface area contributed by atoms with Crippen molar-refractivity contribution in [3.05, 3.63) is 40.8 Å². The number of benzene rings is 1. The lowest BCUT2D eigenvalue weighted by Crippen LogP contribution is -1.96. The van der Waals surface area contributed by atoms with Crippen molar-refractivity contribution in [3.8, 4) is 22.9 Å². The number of ether oxygens (including phenoxy) is 1. The summed E-state index contributed by atoms with van der Waals surface area (Å²) in [5.74, 6) is -0.294. The molecule has 1 aromatic heterocycles. The Labute approximate surface area is 114 Å². The van der Waals surface area contributed by atoms with Gasteiger partial charge in [-0.1, -0.05) is 17.7 Å². The second-order valence-corrected chi connectivity index (χ2v) is 4.08. The zero-order valence-corrected chi connectivity index (χ0v) is 10.7. The highest BCUT2D eigenvalue weighted by Crippen LogP contribution is 2.33. The van der Waals surface area contributed by atoms with Crippen molar-refractivity contribution in [1.82, 2.24) is 4.98 Å². The van der Waals surface area contributed by atoms with Gasteiger partial charge in [0.05, 0.1) is 12.7 Å². The van der Waals surface area contributed by atoms with Crippen LogP contribution in [0.2, 0.25) is 5.15 Å². The summed E-state index contributed by atoms with van der Waals surface area (Å²) < 4.78 is 18.5. The number of anilines is 1. The number of halogens is 2. The topological polar surface area (TPSA) is 71.9 Å². The minimum Gasteiger partial charge on any atom is -0.494 e. The van der Waals surface area contributed by atoms with Gasteiger partial charge in [0.2, 0.25) is 0 Å². The van der Waals surface area contributed by atoms with Gasteiger partial charge in [-0.2, -0.15) is 5.26 Å². The van der Waals surface area contributed by atoms with Crippen molar-refractivity contribution < 1.29 is 9.13 Å². The number of rotatable bonds is 2. The molecular formula is C13H9ClFN3O. The van der Waals surface area contributed by atoms with Gasteiger partial charge in [-0.25, -0.2) is 9.37 Å². The molecule has 0 saturated carbocycles. The molecule has 0 aliphatic heterocycles. The van der Waals surface area contributed by atoms with Crippen LogP contribution in [0.5, 0.6) is 5.75 Å². The maximum atomic E-state index is 13.7. The highest BCUT2D eigenvalue weighted by atomic mass is 35.5. The molecule has 0 saturated heterocycles. The highest BCUT2D eigenvalue weighted by Gasteiger charge is 2.14. The van der Waals surface area contributed by atoms with E-state index in [9.17, 15) is 4.39 Å². The van der Waals surface area contributed by atoms with E-state index in [0.717, 1.165) is 0 Å². The number of nitrogens with two attached hydrogens (primary N) is 1. The maximum absolute atomic E-state index is 13.7. The third-order valence-electron chi connectivity index (χ3n) is 2.56. The highest BCUT2D eigenvalue weighted by molar-refractivity contribution is 6.32. The first-order valence-corrected chi connectivity index (χ1v) is 5.64. The molecule has 1 heterocycles. The monoisotopic (exact) mass is 277 g/mol. The van der Waals surface area contributed by atoms with E-state index in [1.807, 2.05) is 6.07 Å². The lowest BCUT2D eigenvalue weighted by Gasteiger charge is -2.09. The summed E-state index contributed by atoms with van der Waals surface area (Å²) in [7, 11) is 1.37. The zero-order chi connectivity index (χ0) is 14.0. The minimum absolute atomic E-state index is 0.0566. The molecule has 6 heteroatoms. The average Bonchev–Trinajstić information content (AvgIpc) is 2.37. The van der Waals surface area contributed by atoms with Gasteiger partial charge in [0.25, 0.3) is 0 Å². The van der Waals surface area contributed by atoms with E-state index in [2.05, 4.69) is 4.98 Å². The van der Waals surface area contributed by atoms with E-state index >= 15 is 0 Å². The molecule has 0 spiro atoms. The number of nitriles is 1. The Morgan fingerprint density at radius 1 is 1.42 bits per heavy atom. The maximum Gasteiger partial charge on any atom is 0.165 e. The molecule has 0 amide bonds. The Morgan fingerprint density at radius 2 is 2.16 bits per heavy atom. The fourth-order valence-corrected chi connectivity index (χ4v) is 2.03. The van der Waals surface area contributed by atoms with Crippen molar-refractivity contribution >= 4 is 17.4 Å². The molecule has 4 nitrogen and oxygen atoms in total. The van der Waals surface area contributed by atoms with Crippen molar-refractivity contribution in [2.75, 3.05) is 12.8 Å². The standard InChI is InChI=1S/C13H9ClFN3O/c1-19-10-3-2-7(4-9(10)15)12-8(6-16)5-11(17)18-13(12)14/h2-5H,1H3,(H2,17,18). The van der Waals surface area contributed by atoms with Crippen LogP contribution in [0.1, 0.15) is 5.56 Å². The molecule has 19 heavy (non-hydrogen) atoms. The first-order chi connectivity index (χ1) is 9.06. The van der Waals surface area contributed by atoms with Crippen LogP contribution in [0.25, 0.3) is 11.1 Å². The first-order valence-electron chi connectivity index (χ1n) is 5.27. The van der Waals surface area contributed by atoms with E-state index in [1.54, 1.807) is 6.07 Å². The fourth-order valence-electron chi connectivity index (χ4n) is 1.72. The first kappa shape index (κ1) is 13.1. The molecule has 0 atom stereocenters. The van der Waals surface area contributed by atoms with Crippen LogP contribution >= 0.6 is 11.6 Å². The number of pyridine rings is 1. The quantitative estimate of drug-likeness (QED) is 0.857. The van der Waals surface area contributed by atoms with Crippen molar-refractivity contribution in [1.29, 1.82) is 5.26 Å². The van der Waals surface area contributed by atoms with Gasteiger partial charge in [-0.15, -0.1) is 0 Å². The number of nitrogens with zero attached hydrogens (tertiary/aromatic N) is 2. The van der Waals surface area contributed by atoms with Crippen LogP contribution < -0.4 is 10.5 Å². The van der Waals surface area contributed by atoms with Gasteiger partial charge in [-0.05, 0) is 23.8 Å². The Kier molecular flexibility index (Phi) is 3.54. The van der Waals surface area contributed by atoms with Crippen LogP contribution in [-0.2, 0) is 0 Å². The largest absolute Gasteiger partial charge is 0.494 e. The lowest BCUT2D eigenvalue weighted by molar-refractivity contribution is 0.386. The van der Waals surface area contributed by atoms with Crippen LogP contribution in [0.4, 0.5) is 10.2 Å². The molecule has 1 aromatic carbocycles.